The summed E-state index contributed by atoms with van der Waals surface area (Å²) in [6.07, 6.45) is 0.0798. The number of aromatic amines is 2. The Labute approximate surface area is 107 Å². The Balaban J connectivity index is 2.53. The normalized spacial score (nSPS) is 10.2. The first-order chi connectivity index (χ1) is 8.90. The molecule has 8 nitrogen and oxygen atoms in total. The molecule has 1 aromatic heterocycles. The van der Waals surface area contributed by atoms with Gasteiger partial charge in [0.15, 0.2) is 0 Å². The molecule has 0 aromatic carbocycles. The fraction of sp³-hybridized carbons (Fsp3) is 0.455. The van der Waals surface area contributed by atoms with E-state index in [-0.39, 0.29) is 31.7 Å². The predicted molar refractivity (Wildman–Crippen MR) is 66.0 cm³/mol. The Hall–Kier alpha value is -2.38. The van der Waals surface area contributed by atoms with Crippen LogP contribution in [0.2, 0.25) is 0 Å². The number of carboxylic acids is 1. The second kappa shape index (κ2) is 6.53. The zero-order valence-electron chi connectivity index (χ0n) is 10.4. The molecule has 0 fully saturated rings. The van der Waals surface area contributed by atoms with Crippen molar-refractivity contribution in [3.05, 3.63) is 32.1 Å². The highest BCUT2D eigenvalue weighted by Crippen LogP contribution is 1.99. The van der Waals surface area contributed by atoms with E-state index in [1.165, 1.54) is 0 Å². The first-order valence-corrected chi connectivity index (χ1v) is 5.70. The van der Waals surface area contributed by atoms with Gasteiger partial charge in [0.05, 0.1) is 6.42 Å². The number of H-pyrrole nitrogens is 2. The molecule has 1 amide bonds. The molecule has 0 radical (unpaired) electrons. The van der Waals surface area contributed by atoms with Gasteiger partial charge >= 0.3 is 11.7 Å². The van der Waals surface area contributed by atoms with Crippen molar-refractivity contribution < 1.29 is 14.7 Å². The molecule has 1 aromatic rings. The lowest BCUT2D eigenvalue weighted by Gasteiger charge is -2.05. The van der Waals surface area contributed by atoms with E-state index in [4.69, 9.17) is 5.11 Å². The monoisotopic (exact) mass is 269 g/mol. The predicted octanol–water partition coefficient (Wildman–Crippen LogP) is -1.10. The Bertz CT molecular complexity index is 587. The summed E-state index contributed by atoms with van der Waals surface area (Å²) in [6, 6.07) is 0. The van der Waals surface area contributed by atoms with E-state index in [9.17, 15) is 19.2 Å². The Kier molecular flexibility index (Phi) is 5.04. The van der Waals surface area contributed by atoms with E-state index in [0.29, 0.717) is 11.3 Å². The summed E-state index contributed by atoms with van der Waals surface area (Å²) in [5, 5.41) is 10.8. The number of amides is 1. The van der Waals surface area contributed by atoms with Gasteiger partial charge in [0.1, 0.15) is 0 Å². The zero-order chi connectivity index (χ0) is 14.4. The van der Waals surface area contributed by atoms with E-state index >= 15 is 0 Å². The maximum atomic E-state index is 11.5. The summed E-state index contributed by atoms with van der Waals surface area (Å²) >= 11 is 0. The first kappa shape index (κ1) is 14.7. The lowest BCUT2D eigenvalue weighted by molar-refractivity contribution is -0.136. The van der Waals surface area contributed by atoms with E-state index in [1.807, 2.05) is 0 Å². The molecule has 0 aliphatic rings. The van der Waals surface area contributed by atoms with E-state index < -0.39 is 17.2 Å². The SMILES string of the molecule is Cc1[nH]c(=O)[nH]c(=O)c1CCC(=O)NCCC(=O)O. The van der Waals surface area contributed by atoms with Crippen molar-refractivity contribution in [3.8, 4) is 0 Å². The summed E-state index contributed by atoms with van der Waals surface area (Å²) in [6.45, 7) is 1.63. The number of aliphatic carboxylic acids is 1. The van der Waals surface area contributed by atoms with Crippen molar-refractivity contribution >= 4 is 11.9 Å². The molecule has 0 saturated heterocycles. The number of carboxylic acid groups (broad SMARTS) is 1. The van der Waals surface area contributed by atoms with Crippen LogP contribution < -0.4 is 16.6 Å². The molecule has 4 N–H and O–H groups in total. The molecule has 0 saturated carbocycles. The molecule has 104 valence electrons. The van der Waals surface area contributed by atoms with E-state index in [2.05, 4.69) is 15.3 Å². The van der Waals surface area contributed by atoms with Crippen LogP contribution in [0.1, 0.15) is 24.1 Å². The number of aromatic nitrogens is 2. The molecule has 1 heterocycles. The van der Waals surface area contributed by atoms with Gasteiger partial charge in [-0.3, -0.25) is 19.4 Å². The number of hydrogen-bond donors (Lipinski definition) is 4. The topological polar surface area (TPSA) is 132 Å². The average molecular weight is 269 g/mol. The minimum absolute atomic E-state index is 0.0507. The van der Waals surface area contributed by atoms with E-state index in [0.717, 1.165) is 0 Å². The quantitative estimate of drug-likeness (QED) is 0.520. The number of carbonyl (C=O) groups excluding carboxylic acids is 1. The number of rotatable bonds is 6. The molecular formula is C11H15N3O5. The number of aryl methyl sites for hydroxylation is 1. The Morgan fingerprint density at radius 2 is 1.89 bits per heavy atom. The second-order valence-corrected chi connectivity index (χ2v) is 4.01. The number of nitrogens with one attached hydrogen (secondary N) is 3. The van der Waals surface area contributed by atoms with Gasteiger partial charge in [-0.25, -0.2) is 4.79 Å². The van der Waals surface area contributed by atoms with Gasteiger partial charge in [-0.15, -0.1) is 0 Å². The van der Waals surface area contributed by atoms with Crippen LogP contribution >= 0.6 is 0 Å². The van der Waals surface area contributed by atoms with Crippen LogP contribution in [0.5, 0.6) is 0 Å². The maximum Gasteiger partial charge on any atom is 0.325 e. The minimum Gasteiger partial charge on any atom is -0.481 e. The van der Waals surface area contributed by atoms with Crippen molar-refractivity contribution in [1.82, 2.24) is 15.3 Å². The van der Waals surface area contributed by atoms with Crippen LogP contribution in [0.15, 0.2) is 9.59 Å². The van der Waals surface area contributed by atoms with Gasteiger partial charge in [0.2, 0.25) is 5.91 Å². The van der Waals surface area contributed by atoms with Crippen molar-refractivity contribution in [3.63, 3.8) is 0 Å². The summed E-state index contributed by atoms with van der Waals surface area (Å²) in [5.41, 5.74) is -0.336. The summed E-state index contributed by atoms with van der Waals surface area (Å²) in [7, 11) is 0. The molecule has 0 bridgehead atoms. The van der Waals surface area contributed by atoms with Crippen LogP contribution in [-0.2, 0) is 16.0 Å². The van der Waals surface area contributed by atoms with Gasteiger partial charge < -0.3 is 15.4 Å². The Morgan fingerprint density at radius 3 is 2.47 bits per heavy atom. The second-order valence-electron chi connectivity index (χ2n) is 4.01. The van der Waals surface area contributed by atoms with Gasteiger partial charge in [-0.05, 0) is 13.3 Å². The lowest BCUT2D eigenvalue weighted by atomic mass is 10.1. The highest BCUT2D eigenvalue weighted by Gasteiger charge is 2.09. The minimum atomic E-state index is -0.992. The molecule has 19 heavy (non-hydrogen) atoms. The van der Waals surface area contributed by atoms with Gasteiger partial charge in [0.25, 0.3) is 5.56 Å². The third kappa shape index (κ3) is 4.78. The molecule has 1 rings (SSSR count). The largest absolute Gasteiger partial charge is 0.481 e. The van der Waals surface area contributed by atoms with Crippen LogP contribution in [-0.4, -0.2) is 33.5 Å². The van der Waals surface area contributed by atoms with Gasteiger partial charge in [-0.2, -0.15) is 0 Å². The smallest absolute Gasteiger partial charge is 0.325 e. The highest BCUT2D eigenvalue weighted by molar-refractivity contribution is 5.77. The maximum absolute atomic E-state index is 11.5. The number of hydrogen-bond acceptors (Lipinski definition) is 4. The van der Waals surface area contributed by atoms with Crippen molar-refractivity contribution in [2.24, 2.45) is 0 Å². The van der Waals surface area contributed by atoms with Crippen molar-refractivity contribution in [1.29, 1.82) is 0 Å². The first-order valence-electron chi connectivity index (χ1n) is 5.70. The van der Waals surface area contributed by atoms with Crippen LogP contribution in [0.4, 0.5) is 0 Å². The summed E-state index contributed by atoms with van der Waals surface area (Å²) in [5.74, 6) is -1.33. The fourth-order valence-corrected chi connectivity index (χ4v) is 1.56. The molecule has 0 aliphatic carbocycles. The number of carbonyl (C=O) groups is 2. The molecule has 0 spiro atoms. The summed E-state index contributed by atoms with van der Waals surface area (Å²) in [4.78, 5) is 48.6. The molecular weight excluding hydrogens is 254 g/mol. The zero-order valence-corrected chi connectivity index (χ0v) is 10.4. The van der Waals surface area contributed by atoms with E-state index in [1.54, 1.807) is 6.92 Å². The third-order valence-corrected chi connectivity index (χ3v) is 2.52. The molecule has 0 unspecified atom stereocenters. The highest BCUT2D eigenvalue weighted by atomic mass is 16.4. The Morgan fingerprint density at radius 1 is 1.21 bits per heavy atom. The third-order valence-electron chi connectivity index (χ3n) is 2.52. The molecule has 8 heteroatoms. The van der Waals surface area contributed by atoms with Crippen molar-refractivity contribution in [2.45, 2.75) is 26.2 Å². The summed E-state index contributed by atoms with van der Waals surface area (Å²) < 4.78 is 0. The standard InChI is InChI=1S/C11H15N3O5/c1-6-7(10(18)14-11(19)13-6)2-3-8(15)12-5-4-9(16)17/h2-5H2,1H3,(H,12,15)(H,16,17)(H2,13,14,18,19). The van der Waals surface area contributed by atoms with Gasteiger partial charge in [-0.1, -0.05) is 0 Å². The fourth-order valence-electron chi connectivity index (χ4n) is 1.56. The average Bonchev–Trinajstić information content (AvgIpc) is 2.26. The van der Waals surface area contributed by atoms with Crippen LogP contribution in [0.3, 0.4) is 0 Å². The van der Waals surface area contributed by atoms with Crippen LogP contribution in [0, 0.1) is 6.92 Å². The molecule has 0 atom stereocenters. The van der Waals surface area contributed by atoms with Gasteiger partial charge in [0, 0.05) is 24.2 Å². The lowest BCUT2D eigenvalue weighted by Crippen LogP contribution is -2.29. The molecule has 0 aliphatic heterocycles. The van der Waals surface area contributed by atoms with Crippen molar-refractivity contribution in [2.75, 3.05) is 6.54 Å². The van der Waals surface area contributed by atoms with Crippen LogP contribution in [0.25, 0.3) is 0 Å².